The third-order valence-corrected chi connectivity index (χ3v) is 12.1. The maximum Gasteiger partial charge on any atom is 0.175 e. The van der Waals surface area contributed by atoms with Crippen LogP contribution in [-0.4, -0.2) is 0 Å². The maximum atomic E-state index is 7.13. The van der Waals surface area contributed by atoms with E-state index in [0.717, 1.165) is 39.9 Å². The second-order valence-electron chi connectivity index (χ2n) is 15.3. The Morgan fingerprint density at radius 3 is 1.76 bits per heavy atom. The molecular formula is C52H38N2O. The van der Waals surface area contributed by atoms with Gasteiger partial charge in [0.05, 0.1) is 28.2 Å². The average molecular weight is 707 g/mol. The Balaban J connectivity index is 1.20. The quantitative estimate of drug-likeness (QED) is 0.177. The lowest BCUT2D eigenvalue weighted by Crippen LogP contribution is -2.32. The third kappa shape index (κ3) is 4.38. The molecular weight excluding hydrogens is 669 g/mol. The SMILES string of the molecule is CC1(C)c2ccccc2N2c3ccccc3Oc3c(N(c4ccccc4)c4ccc5c(c4)C(c4ccccc4)(c4ccccc4)c4ccccc4-5)ccc1c32. The molecule has 55 heavy (non-hydrogen) atoms. The molecule has 0 spiro atoms. The molecule has 0 saturated heterocycles. The number of fused-ring (bicyclic) bond motifs is 7. The van der Waals surface area contributed by atoms with Gasteiger partial charge >= 0.3 is 0 Å². The molecule has 2 heterocycles. The highest BCUT2D eigenvalue weighted by Gasteiger charge is 2.47. The Kier molecular flexibility index (Phi) is 6.81. The van der Waals surface area contributed by atoms with Crippen LogP contribution in [0.4, 0.5) is 34.1 Å². The third-order valence-electron chi connectivity index (χ3n) is 12.1. The number of benzene rings is 8. The summed E-state index contributed by atoms with van der Waals surface area (Å²) in [5.41, 5.74) is 15.8. The van der Waals surface area contributed by atoms with Gasteiger partial charge in [0.15, 0.2) is 11.5 Å². The summed E-state index contributed by atoms with van der Waals surface area (Å²) in [7, 11) is 0. The van der Waals surface area contributed by atoms with Gasteiger partial charge in [-0.25, -0.2) is 0 Å². The smallest absolute Gasteiger partial charge is 0.175 e. The van der Waals surface area contributed by atoms with Crippen LogP contribution in [0.15, 0.2) is 194 Å². The highest BCUT2D eigenvalue weighted by molar-refractivity contribution is 5.98. The fraction of sp³-hybridized carbons (Fsp3) is 0.0769. The molecule has 0 atom stereocenters. The van der Waals surface area contributed by atoms with Gasteiger partial charge in [0.25, 0.3) is 0 Å². The van der Waals surface area contributed by atoms with Gasteiger partial charge in [-0.1, -0.05) is 159 Å². The van der Waals surface area contributed by atoms with Crippen LogP contribution in [0.5, 0.6) is 11.5 Å². The number of rotatable bonds is 5. The minimum atomic E-state index is -0.517. The molecule has 8 aromatic rings. The number of hydrogen-bond donors (Lipinski definition) is 0. The number of ether oxygens (including phenoxy) is 1. The van der Waals surface area contributed by atoms with Gasteiger partial charge in [0.1, 0.15) is 0 Å². The van der Waals surface area contributed by atoms with Crippen LogP contribution in [-0.2, 0) is 10.8 Å². The first-order chi connectivity index (χ1) is 27.1. The van der Waals surface area contributed by atoms with Crippen LogP contribution >= 0.6 is 0 Å². The van der Waals surface area contributed by atoms with E-state index in [2.05, 4.69) is 218 Å². The molecule has 262 valence electrons. The molecule has 0 radical (unpaired) electrons. The van der Waals surface area contributed by atoms with Crippen molar-refractivity contribution < 1.29 is 4.74 Å². The maximum absolute atomic E-state index is 7.13. The summed E-state index contributed by atoms with van der Waals surface area (Å²) in [6.07, 6.45) is 0. The van der Waals surface area contributed by atoms with Crippen LogP contribution in [0.25, 0.3) is 11.1 Å². The lowest BCUT2D eigenvalue weighted by molar-refractivity contribution is 0.472. The summed E-state index contributed by atoms with van der Waals surface area (Å²) in [5, 5.41) is 0. The van der Waals surface area contributed by atoms with E-state index in [1.54, 1.807) is 0 Å². The van der Waals surface area contributed by atoms with Gasteiger partial charge < -0.3 is 14.5 Å². The lowest BCUT2D eigenvalue weighted by Gasteiger charge is -2.45. The molecule has 0 amide bonds. The number of hydrogen-bond acceptors (Lipinski definition) is 3. The largest absolute Gasteiger partial charge is 0.451 e. The monoisotopic (exact) mass is 706 g/mol. The Bertz CT molecular complexity index is 2730. The van der Waals surface area contributed by atoms with Crippen molar-refractivity contribution in [3.05, 3.63) is 228 Å². The summed E-state index contributed by atoms with van der Waals surface area (Å²) in [6, 6.07) is 70.6. The van der Waals surface area contributed by atoms with E-state index in [0.29, 0.717) is 0 Å². The van der Waals surface area contributed by atoms with Crippen LogP contribution in [0, 0.1) is 0 Å². The summed E-state index contributed by atoms with van der Waals surface area (Å²) in [5.74, 6) is 1.69. The van der Waals surface area contributed by atoms with E-state index in [4.69, 9.17) is 4.74 Å². The highest BCUT2D eigenvalue weighted by Crippen LogP contribution is 2.63. The summed E-state index contributed by atoms with van der Waals surface area (Å²) in [6.45, 7) is 4.66. The second kappa shape index (κ2) is 11.8. The van der Waals surface area contributed by atoms with E-state index in [9.17, 15) is 0 Å². The first-order valence-electron chi connectivity index (χ1n) is 19.1. The van der Waals surface area contributed by atoms with Crippen LogP contribution in [0.1, 0.15) is 47.2 Å². The minimum Gasteiger partial charge on any atom is -0.451 e. The molecule has 2 aliphatic heterocycles. The second-order valence-corrected chi connectivity index (χ2v) is 15.3. The van der Waals surface area contributed by atoms with E-state index in [-0.39, 0.29) is 5.41 Å². The molecule has 0 fully saturated rings. The predicted molar refractivity (Wildman–Crippen MR) is 225 cm³/mol. The van der Waals surface area contributed by atoms with Gasteiger partial charge in [-0.3, -0.25) is 0 Å². The molecule has 8 aromatic carbocycles. The fourth-order valence-electron chi connectivity index (χ4n) is 9.69. The van der Waals surface area contributed by atoms with Gasteiger partial charge in [-0.15, -0.1) is 0 Å². The van der Waals surface area contributed by atoms with Crippen LogP contribution in [0.3, 0.4) is 0 Å². The van der Waals surface area contributed by atoms with E-state index >= 15 is 0 Å². The molecule has 0 bridgehead atoms. The van der Waals surface area contributed by atoms with Crippen molar-refractivity contribution in [3.8, 4) is 22.6 Å². The van der Waals surface area contributed by atoms with Crippen LogP contribution in [0.2, 0.25) is 0 Å². The number of para-hydroxylation sites is 4. The minimum absolute atomic E-state index is 0.243. The molecule has 3 aliphatic rings. The van der Waals surface area contributed by atoms with Crippen molar-refractivity contribution in [1.29, 1.82) is 0 Å². The first-order valence-corrected chi connectivity index (χ1v) is 19.1. The van der Waals surface area contributed by atoms with E-state index in [1.807, 2.05) is 0 Å². The lowest BCUT2D eigenvalue weighted by atomic mass is 9.67. The zero-order valence-electron chi connectivity index (χ0n) is 30.8. The Labute approximate surface area is 322 Å². The summed E-state index contributed by atoms with van der Waals surface area (Å²) in [4.78, 5) is 4.81. The van der Waals surface area contributed by atoms with Crippen LogP contribution < -0.4 is 14.5 Å². The highest BCUT2D eigenvalue weighted by atomic mass is 16.5. The molecule has 11 rings (SSSR count). The molecule has 1 aliphatic carbocycles. The topological polar surface area (TPSA) is 15.7 Å². The molecule has 0 saturated carbocycles. The zero-order chi connectivity index (χ0) is 36.7. The molecule has 0 unspecified atom stereocenters. The zero-order valence-corrected chi connectivity index (χ0v) is 30.8. The van der Waals surface area contributed by atoms with Crippen molar-refractivity contribution in [3.63, 3.8) is 0 Å². The van der Waals surface area contributed by atoms with Gasteiger partial charge in [-0.2, -0.15) is 0 Å². The van der Waals surface area contributed by atoms with E-state index in [1.165, 1.54) is 50.2 Å². The molecule has 0 N–H and O–H groups in total. The Hall–Kier alpha value is -6.84. The fourth-order valence-corrected chi connectivity index (χ4v) is 9.69. The standard InChI is InChI=1S/C52H38N2O/c1-51(2)42-26-14-15-27-45(42)54-46-28-16-17-29-48(46)55-50-47(33-32-43(51)49(50)54)53(37-22-10-5-11-23-37)38-30-31-40-39-24-12-13-25-41(39)52(44(40)34-38,35-18-6-3-7-19-35)36-20-8-4-9-21-36/h3-34H,1-2H3. The number of anilines is 6. The molecule has 0 aromatic heterocycles. The predicted octanol–water partition coefficient (Wildman–Crippen LogP) is 13.7. The Morgan fingerprint density at radius 1 is 0.455 bits per heavy atom. The first kappa shape index (κ1) is 31.7. The van der Waals surface area contributed by atoms with Crippen molar-refractivity contribution in [2.75, 3.05) is 9.80 Å². The molecule has 3 heteroatoms. The van der Waals surface area contributed by atoms with Crippen molar-refractivity contribution in [2.45, 2.75) is 24.7 Å². The van der Waals surface area contributed by atoms with Crippen molar-refractivity contribution >= 4 is 34.1 Å². The molecule has 3 nitrogen and oxygen atoms in total. The normalized spacial score (nSPS) is 14.8. The van der Waals surface area contributed by atoms with Crippen molar-refractivity contribution in [1.82, 2.24) is 0 Å². The van der Waals surface area contributed by atoms with Crippen molar-refractivity contribution in [2.24, 2.45) is 0 Å². The summed E-state index contributed by atoms with van der Waals surface area (Å²) >= 11 is 0. The van der Waals surface area contributed by atoms with Gasteiger partial charge in [0.2, 0.25) is 0 Å². The van der Waals surface area contributed by atoms with Gasteiger partial charge in [-0.05, 0) is 93.0 Å². The van der Waals surface area contributed by atoms with Gasteiger partial charge in [0, 0.05) is 16.8 Å². The summed E-state index contributed by atoms with van der Waals surface area (Å²) < 4.78 is 7.13. The average Bonchev–Trinajstić information content (AvgIpc) is 3.54. The Morgan fingerprint density at radius 2 is 1.04 bits per heavy atom. The van der Waals surface area contributed by atoms with E-state index < -0.39 is 5.41 Å². The number of nitrogens with zero attached hydrogens (tertiary/aromatic N) is 2.